The number of nitrogens with zero attached hydrogens (tertiary/aromatic N) is 2. The third kappa shape index (κ3) is 6.00. The van der Waals surface area contributed by atoms with E-state index in [1.165, 1.54) is 23.3 Å². The number of carbonyl (C=O) groups excluding carboxylic acids is 1. The molecule has 0 aromatic heterocycles. The van der Waals surface area contributed by atoms with Crippen molar-refractivity contribution in [2.45, 2.75) is 45.1 Å². The fraction of sp³-hybridized carbons (Fsp3) is 0.440. The molecule has 0 spiro atoms. The van der Waals surface area contributed by atoms with Crippen LogP contribution < -0.4 is 0 Å². The number of rotatable bonds is 9. The largest absolute Gasteiger partial charge is 0.508 e. The van der Waals surface area contributed by atoms with Gasteiger partial charge in [0.25, 0.3) is 0 Å². The van der Waals surface area contributed by atoms with E-state index in [1.807, 2.05) is 19.2 Å². The number of aliphatic hydroxyl groups excluding tert-OH is 1. The maximum absolute atomic E-state index is 12.8. The number of amides is 1. The van der Waals surface area contributed by atoms with E-state index >= 15 is 0 Å². The Morgan fingerprint density at radius 2 is 1.77 bits per heavy atom. The molecule has 160 valence electrons. The fourth-order valence-electron chi connectivity index (χ4n) is 4.06. The molecule has 3 rings (SSSR count). The summed E-state index contributed by atoms with van der Waals surface area (Å²) < 4.78 is 0. The molecular weight excluding hydrogens is 376 g/mol. The molecule has 2 aromatic rings. The Balaban J connectivity index is 1.72. The highest BCUT2D eigenvalue weighted by atomic mass is 16.3. The SMILES string of the molecule is CCCCN(C)CC(=NC(=O)CC1Cc2ccccc2C1)[C@H](O)c1ccc(O)cc1. The summed E-state index contributed by atoms with van der Waals surface area (Å²) in [5.74, 6) is 0.231. The normalized spacial score (nSPS) is 15.4. The third-order valence-corrected chi connectivity index (χ3v) is 5.72. The number of phenolic OH excluding ortho intramolecular Hbond substituents is 1. The zero-order chi connectivity index (χ0) is 21.5. The van der Waals surface area contributed by atoms with Gasteiger partial charge in [0.15, 0.2) is 0 Å². The Morgan fingerprint density at radius 3 is 2.37 bits per heavy atom. The first-order valence-electron chi connectivity index (χ1n) is 10.8. The van der Waals surface area contributed by atoms with Gasteiger partial charge in [-0.15, -0.1) is 0 Å². The van der Waals surface area contributed by atoms with E-state index in [-0.39, 0.29) is 17.6 Å². The average Bonchev–Trinajstić information content (AvgIpc) is 3.14. The highest BCUT2D eigenvalue weighted by Gasteiger charge is 2.24. The number of hydrogen-bond donors (Lipinski definition) is 2. The van der Waals surface area contributed by atoms with E-state index in [1.54, 1.807) is 12.1 Å². The molecule has 30 heavy (non-hydrogen) atoms. The van der Waals surface area contributed by atoms with Crippen LogP contribution in [0.1, 0.15) is 49.0 Å². The van der Waals surface area contributed by atoms with E-state index in [0.29, 0.717) is 24.2 Å². The summed E-state index contributed by atoms with van der Waals surface area (Å²) >= 11 is 0. The molecule has 0 fully saturated rings. The minimum absolute atomic E-state index is 0.140. The van der Waals surface area contributed by atoms with Crippen molar-refractivity contribution in [1.82, 2.24) is 4.90 Å². The summed E-state index contributed by atoms with van der Waals surface area (Å²) in [6, 6.07) is 14.7. The molecule has 0 aliphatic heterocycles. The van der Waals surface area contributed by atoms with Gasteiger partial charge in [-0.1, -0.05) is 49.7 Å². The van der Waals surface area contributed by atoms with Crippen molar-refractivity contribution in [2.24, 2.45) is 10.9 Å². The molecule has 2 aromatic carbocycles. The van der Waals surface area contributed by atoms with Crippen molar-refractivity contribution >= 4 is 11.6 Å². The van der Waals surface area contributed by atoms with Gasteiger partial charge in [-0.3, -0.25) is 4.79 Å². The van der Waals surface area contributed by atoms with Gasteiger partial charge in [-0.2, -0.15) is 0 Å². The average molecular weight is 409 g/mol. The molecule has 0 heterocycles. The summed E-state index contributed by atoms with van der Waals surface area (Å²) in [6.07, 6.45) is 3.36. The zero-order valence-electron chi connectivity index (χ0n) is 17.9. The van der Waals surface area contributed by atoms with Crippen LogP contribution in [-0.4, -0.2) is 46.9 Å². The number of benzene rings is 2. The molecule has 1 aliphatic rings. The molecular formula is C25H32N2O3. The third-order valence-electron chi connectivity index (χ3n) is 5.72. The Morgan fingerprint density at radius 1 is 1.13 bits per heavy atom. The number of aromatic hydroxyl groups is 1. The van der Waals surface area contributed by atoms with E-state index in [4.69, 9.17) is 0 Å². The lowest BCUT2D eigenvalue weighted by Crippen LogP contribution is -2.31. The number of phenols is 1. The van der Waals surface area contributed by atoms with E-state index in [9.17, 15) is 15.0 Å². The predicted molar refractivity (Wildman–Crippen MR) is 120 cm³/mol. The quantitative estimate of drug-likeness (QED) is 0.617. The van der Waals surface area contributed by atoms with Crippen LogP contribution in [0.5, 0.6) is 5.75 Å². The highest BCUT2D eigenvalue weighted by molar-refractivity contribution is 5.99. The molecule has 2 N–H and O–H groups in total. The van der Waals surface area contributed by atoms with Crippen LogP contribution in [0.25, 0.3) is 0 Å². The second kappa shape index (κ2) is 10.5. The van der Waals surface area contributed by atoms with Crippen molar-refractivity contribution in [1.29, 1.82) is 0 Å². The number of fused-ring (bicyclic) bond motifs is 1. The highest BCUT2D eigenvalue weighted by Crippen LogP contribution is 2.29. The van der Waals surface area contributed by atoms with Gasteiger partial charge in [0.1, 0.15) is 11.9 Å². The molecule has 5 heteroatoms. The number of carbonyl (C=O) groups is 1. The van der Waals surface area contributed by atoms with Crippen LogP contribution in [0.2, 0.25) is 0 Å². The Labute approximate surface area is 179 Å². The van der Waals surface area contributed by atoms with Crippen LogP contribution in [-0.2, 0) is 17.6 Å². The van der Waals surface area contributed by atoms with Crippen LogP contribution in [0, 0.1) is 5.92 Å². The lowest BCUT2D eigenvalue weighted by molar-refractivity contribution is -0.118. The fourth-order valence-corrected chi connectivity index (χ4v) is 4.06. The number of aliphatic imine (C=N–C) groups is 1. The Hall–Kier alpha value is -2.50. The molecule has 1 aliphatic carbocycles. The molecule has 0 unspecified atom stereocenters. The van der Waals surface area contributed by atoms with Crippen LogP contribution in [0.3, 0.4) is 0 Å². The smallest absolute Gasteiger partial charge is 0.246 e. The summed E-state index contributed by atoms with van der Waals surface area (Å²) in [5.41, 5.74) is 3.72. The predicted octanol–water partition coefficient (Wildman–Crippen LogP) is 3.93. The zero-order valence-corrected chi connectivity index (χ0v) is 17.9. The lowest BCUT2D eigenvalue weighted by Gasteiger charge is -2.21. The van der Waals surface area contributed by atoms with Gasteiger partial charge in [0.2, 0.25) is 5.91 Å². The van der Waals surface area contributed by atoms with Gasteiger partial charge >= 0.3 is 0 Å². The summed E-state index contributed by atoms with van der Waals surface area (Å²) in [6.45, 7) is 3.44. The molecule has 0 bridgehead atoms. The maximum atomic E-state index is 12.8. The van der Waals surface area contributed by atoms with Gasteiger partial charge in [-0.25, -0.2) is 4.99 Å². The first kappa shape index (κ1) is 22.2. The minimum Gasteiger partial charge on any atom is -0.508 e. The molecule has 5 nitrogen and oxygen atoms in total. The molecule has 0 radical (unpaired) electrons. The second-order valence-electron chi connectivity index (χ2n) is 8.33. The van der Waals surface area contributed by atoms with Crippen LogP contribution in [0.4, 0.5) is 0 Å². The molecule has 1 atom stereocenters. The van der Waals surface area contributed by atoms with E-state index in [0.717, 1.165) is 32.2 Å². The second-order valence-corrected chi connectivity index (χ2v) is 8.33. The topological polar surface area (TPSA) is 73.1 Å². The first-order chi connectivity index (χ1) is 14.5. The lowest BCUT2D eigenvalue weighted by atomic mass is 10.0. The standard InChI is InChI=1S/C25H32N2O3/c1-3-4-13-27(2)17-23(25(30)19-9-11-22(28)12-10-19)26-24(29)16-18-14-20-7-5-6-8-21(20)15-18/h5-12,18,25,28,30H,3-4,13-17H2,1-2H3/t25-/m1/s1. The summed E-state index contributed by atoms with van der Waals surface area (Å²) in [4.78, 5) is 19.2. The summed E-state index contributed by atoms with van der Waals surface area (Å²) in [7, 11) is 1.98. The number of aliphatic hydroxyl groups is 1. The maximum Gasteiger partial charge on any atom is 0.246 e. The van der Waals surface area contributed by atoms with Crippen LogP contribution in [0.15, 0.2) is 53.5 Å². The van der Waals surface area contributed by atoms with Gasteiger partial charge < -0.3 is 15.1 Å². The van der Waals surface area contributed by atoms with Gasteiger partial charge in [0, 0.05) is 13.0 Å². The minimum atomic E-state index is -0.973. The Kier molecular flexibility index (Phi) is 7.77. The van der Waals surface area contributed by atoms with E-state index in [2.05, 4.69) is 28.9 Å². The van der Waals surface area contributed by atoms with Gasteiger partial charge in [-0.05, 0) is 67.6 Å². The van der Waals surface area contributed by atoms with Crippen molar-refractivity contribution in [3.8, 4) is 5.75 Å². The number of unbranched alkanes of at least 4 members (excludes halogenated alkanes) is 1. The molecule has 0 saturated carbocycles. The molecule has 1 amide bonds. The number of hydrogen-bond acceptors (Lipinski definition) is 4. The van der Waals surface area contributed by atoms with Crippen molar-refractivity contribution in [3.05, 3.63) is 65.2 Å². The Bertz CT molecular complexity index is 851. The summed E-state index contributed by atoms with van der Waals surface area (Å²) in [5, 5.41) is 20.4. The van der Waals surface area contributed by atoms with Crippen molar-refractivity contribution in [3.63, 3.8) is 0 Å². The van der Waals surface area contributed by atoms with Crippen molar-refractivity contribution in [2.75, 3.05) is 20.1 Å². The van der Waals surface area contributed by atoms with Crippen LogP contribution >= 0.6 is 0 Å². The van der Waals surface area contributed by atoms with E-state index < -0.39 is 6.10 Å². The monoisotopic (exact) mass is 408 g/mol. The van der Waals surface area contributed by atoms with Crippen molar-refractivity contribution < 1.29 is 15.0 Å². The molecule has 0 saturated heterocycles. The first-order valence-corrected chi connectivity index (χ1v) is 10.8. The van der Waals surface area contributed by atoms with Gasteiger partial charge in [0.05, 0.1) is 5.71 Å².